The third kappa shape index (κ3) is 1.84. The summed E-state index contributed by atoms with van der Waals surface area (Å²) < 4.78 is 0. The second-order valence-corrected chi connectivity index (χ2v) is 7.70. The zero-order chi connectivity index (χ0) is 12.2. The largest absolute Gasteiger partial charge is 0.307 e. The van der Waals surface area contributed by atoms with Crippen LogP contribution in [-0.4, -0.2) is 18.4 Å². The highest BCUT2D eigenvalue weighted by molar-refractivity contribution is 5.84. The summed E-state index contributed by atoms with van der Waals surface area (Å²) in [7, 11) is 0. The van der Waals surface area contributed by atoms with Gasteiger partial charge in [0.05, 0.1) is 6.04 Å². The SMILES string of the molecule is O=C1CCCNC1CC12CC3CC(CC(C3)C1)C2. The molecule has 4 aliphatic carbocycles. The van der Waals surface area contributed by atoms with Gasteiger partial charge in [-0.15, -0.1) is 0 Å². The number of Topliss-reactive ketones (excluding diaryl/α,β-unsaturated/α-hetero) is 1. The molecule has 1 saturated heterocycles. The minimum atomic E-state index is 0.204. The van der Waals surface area contributed by atoms with Crippen LogP contribution in [0.2, 0.25) is 0 Å². The Bertz CT molecular complexity index is 327. The van der Waals surface area contributed by atoms with E-state index in [9.17, 15) is 4.79 Å². The van der Waals surface area contributed by atoms with Gasteiger partial charge in [-0.1, -0.05) is 0 Å². The van der Waals surface area contributed by atoms with Gasteiger partial charge in [-0.25, -0.2) is 0 Å². The van der Waals surface area contributed by atoms with Crippen LogP contribution in [-0.2, 0) is 4.79 Å². The lowest BCUT2D eigenvalue weighted by molar-refractivity contribution is -0.125. The van der Waals surface area contributed by atoms with Gasteiger partial charge in [0.1, 0.15) is 5.78 Å². The van der Waals surface area contributed by atoms with Crippen LogP contribution in [0.5, 0.6) is 0 Å². The standard InChI is InChI=1S/C16H25NO/c18-15-2-1-3-17-14(15)10-16-7-11-4-12(8-16)6-13(5-11)9-16/h11-14,17H,1-10H2. The van der Waals surface area contributed by atoms with Crippen molar-refractivity contribution in [1.82, 2.24) is 5.32 Å². The van der Waals surface area contributed by atoms with Crippen molar-refractivity contribution in [2.24, 2.45) is 23.2 Å². The van der Waals surface area contributed by atoms with Crippen molar-refractivity contribution in [3.05, 3.63) is 0 Å². The number of carbonyl (C=O) groups is 1. The summed E-state index contributed by atoms with van der Waals surface area (Å²) in [5.74, 6) is 3.52. The smallest absolute Gasteiger partial charge is 0.149 e. The lowest BCUT2D eigenvalue weighted by Crippen LogP contribution is -2.51. The van der Waals surface area contributed by atoms with Gasteiger partial charge in [0.25, 0.3) is 0 Å². The van der Waals surface area contributed by atoms with Crippen LogP contribution in [0.3, 0.4) is 0 Å². The molecule has 0 radical (unpaired) electrons. The van der Waals surface area contributed by atoms with E-state index in [2.05, 4.69) is 5.32 Å². The molecule has 5 fully saturated rings. The Morgan fingerprint density at radius 1 is 1.06 bits per heavy atom. The lowest BCUT2D eigenvalue weighted by atomic mass is 9.48. The molecule has 4 saturated carbocycles. The maximum Gasteiger partial charge on any atom is 0.149 e. The summed E-state index contributed by atoms with van der Waals surface area (Å²) >= 11 is 0. The predicted octanol–water partition coefficient (Wildman–Crippen LogP) is 2.91. The monoisotopic (exact) mass is 247 g/mol. The molecule has 18 heavy (non-hydrogen) atoms. The summed E-state index contributed by atoms with van der Waals surface area (Å²) in [6.45, 7) is 1.06. The molecule has 2 nitrogen and oxygen atoms in total. The van der Waals surface area contributed by atoms with Crippen molar-refractivity contribution in [2.45, 2.75) is 63.8 Å². The second kappa shape index (κ2) is 4.06. The first-order valence-electron chi connectivity index (χ1n) is 7.99. The normalized spacial score (nSPS) is 50.8. The van der Waals surface area contributed by atoms with Crippen molar-refractivity contribution in [2.75, 3.05) is 6.54 Å². The van der Waals surface area contributed by atoms with Crippen LogP contribution < -0.4 is 5.32 Å². The predicted molar refractivity (Wildman–Crippen MR) is 71.3 cm³/mol. The van der Waals surface area contributed by atoms with E-state index in [1.165, 1.54) is 38.5 Å². The molecule has 1 heterocycles. The number of nitrogens with one attached hydrogen (secondary N) is 1. The molecule has 1 N–H and O–H groups in total. The second-order valence-electron chi connectivity index (χ2n) is 7.70. The third-order valence-electron chi connectivity index (χ3n) is 6.18. The number of piperidine rings is 1. The summed E-state index contributed by atoms with van der Waals surface area (Å²) in [5, 5.41) is 3.49. The number of rotatable bonds is 2. The maximum absolute atomic E-state index is 12.1. The van der Waals surface area contributed by atoms with Crippen LogP contribution in [0.15, 0.2) is 0 Å². The minimum absolute atomic E-state index is 0.204. The Balaban J connectivity index is 1.51. The summed E-state index contributed by atoms with van der Waals surface area (Å²) in [4.78, 5) is 12.1. The van der Waals surface area contributed by atoms with Crippen molar-refractivity contribution >= 4 is 5.78 Å². The van der Waals surface area contributed by atoms with E-state index in [-0.39, 0.29) is 6.04 Å². The fraction of sp³-hybridized carbons (Fsp3) is 0.938. The molecule has 2 heteroatoms. The minimum Gasteiger partial charge on any atom is -0.307 e. The molecule has 100 valence electrons. The quantitative estimate of drug-likeness (QED) is 0.813. The fourth-order valence-electron chi connectivity index (χ4n) is 5.99. The number of carbonyl (C=O) groups excluding carboxylic acids is 1. The van der Waals surface area contributed by atoms with Gasteiger partial charge in [0, 0.05) is 6.42 Å². The Hall–Kier alpha value is -0.370. The first kappa shape index (κ1) is 11.5. The van der Waals surface area contributed by atoms with Crippen LogP contribution >= 0.6 is 0 Å². The van der Waals surface area contributed by atoms with E-state index in [0.29, 0.717) is 11.2 Å². The average molecular weight is 247 g/mol. The summed E-state index contributed by atoms with van der Waals surface area (Å²) in [6.07, 6.45) is 11.9. The van der Waals surface area contributed by atoms with E-state index in [4.69, 9.17) is 0 Å². The van der Waals surface area contributed by atoms with Crippen LogP contribution in [0.25, 0.3) is 0 Å². The zero-order valence-corrected chi connectivity index (χ0v) is 11.3. The summed E-state index contributed by atoms with van der Waals surface area (Å²) in [6, 6.07) is 0.204. The Morgan fingerprint density at radius 3 is 2.22 bits per heavy atom. The molecule has 1 aliphatic heterocycles. The molecular weight excluding hydrogens is 222 g/mol. The molecule has 4 bridgehead atoms. The molecule has 0 aromatic rings. The van der Waals surface area contributed by atoms with Gasteiger partial charge in [-0.2, -0.15) is 0 Å². The molecule has 1 unspecified atom stereocenters. The lowest BCUT2D eigenvalue weighted by Gasteiger charge is -2.57. The maximum atomic E-state index is 12.1. The number of hydrogen-bond donors (Lipinski definition) is 1. The van der Waals surface area contributed by atoms with Crippen molar-refractivity contribution in [1.29, 1.82) is 0 Å². The van der Waals surface area contributed by atoms with Gasteiger partial charge in [-0.3, -0.25) is 4.79 Å². The average Bonchev–Trinajstić information content (AvgIpc) is 2.30. The Morgan fingerprint density at radius 2 is 1.67 bits per heavy atom. The van der Waals surface area contributed by atoms with Crippen LogP contribution in [0.1, 0.15) is 57.8 Å². The van der Waals surface area contributed by atoms with Gasteiger partial charge in [0.2, 0.25) is 0 Å². The van der Waals surface area contributed by atoms with E-state index < -0.39 is 0 Å². The molecule has 0 aromatic carbocycles. The Kier molecular flexibility index (Phi) is 2.58. The van der Waals surface area contributed by atoms with Crippen LogP contribution in [0, 0.1) is 23.2 Å². The van der Waals surface area contributed by atoms with E-state index in [1.807, 2.05) is 0 Å². The zero-order valence-electron chi connectivity index (χ0n) is 11.3. The highest BCUT2D eigenvalue weighted by Gasteiger charge is 2.51. The summed E-state index contributed by atoms with van der Waals surface area (Å²) in [5.41, 5.74) is 0.555. The van der Waals surface area contributed by atoms with Crippen molar-refractivity contribution in [3.8, 4) is 0 Å². The van der Waals surface area contributed by atoms with Gasteiger partial charge < -0.3 is 5.32 Å². The van der Waals surface area contributed by atoms with Gasteiger partial charge >= 0.3 is 0 Å². The molecular formula is C16H25NO. The van der Waals surface area contributed by atoms with Crippen molar-refractivity contribution in [3.63, 3.8) is 0 Å². The molecule has 1 atom stereocenters. The van der Waals surface area contributed by atoms with Crippen LogP contribution in [0.4, 0.5) is 0 Å². The fourth-order valence-corrected chi connectivity index (χ4v) is 5.99. The van der Waals surface area contributed by atoms with Gasteiger partial charge in [-0.05, 0) is 81.1 Å². The number of ketones is 1. The highest BCUT2D eigenvalue weighted by Crippen LogP contribution is 2.61. The molecule has 0 aromatic heterocycles. The molecule has 0 spiro atoms. The number of hydrogen-bond acceptors (Lipinski definition) is 2. The Labute approximate surface area is 110 Å². The van der Waals surface area contributed by atoms with E-state index in [0.717, 1.165) is 43.6 Å². The van der Waals surface area contributed by atoms with E-state index >= 15 is 0 Å². The molecule has 5 rings (SSSR count). The van der Waals surface area contributed by atoms with E-state index in [1.54, 1.807) is 0 Å². The first-order chi connectivity index (χ1) is 8.72. The molecule has 5 aliphatic rings. The third-order valence-corrected chi connectivity index (χ3v) is 6.18. The van der Waals surface area contributed by atoms with Crippen molar-refractivity contribution < 1.29 is 4.79 Å². The van der Waals surface area contributed by atoms with Gasteiger partial charge in [0.15, 0.2) is 0 Å². The topological polar surface area (TPSA) is 29.1 Å². The molecule has 0 amide bonds. The first-order valence-corrected chi connectivity index (χ1v) is 7.99. The highest BCUT2D eigenvalue weighted by atomic mass is 16.1.